The summed E-state index contributed by atoms with van der Waals surface area (Å²) in [6, 6.07) is 11.6. The standard InChI is InChI=1S/C26H32N2O3S/c1-7-19(4)28(26(29)21-9-8-10-23(13-21)30-6)14-22-16-32-25(27-22)15-31-24-12-17(2)11-18(3)20(24)5/h8-13,16,19H,7,14-15H2,1-6H3/t19-/m1/s1. The van der Waals surface area contributed by atoms with Crippen molar-refractivity contribution in [3.63, 3.8) is 0 Å². The summed E-state index contributed by atoms with van der Waals surface area (Å²) < 4.78 is 11.4. The van der Waals surface area contributed by atoms with Crippen molar-refractivity contribution in [3.8, 4) is 11.5 Å². The number of benzene rings is 2. The van der Waals surface area contributed by atoms with Crippen molar-refractivity contribution in [2.45, 2.75) is 60.2 Å². The first-order valence-corrected chi connectivity index (χ1v) is 11.8. The van der Waals surface area contributed by atoms with Gasteiger partial charge in [-0.1, -0.05) is 19.1 Å². The minimum Gasteiger partial charge on any atom is -0.497 e. The zero-order chi connectivity index (χ0) is 23.3. The SMILES string of the molecule is CC[C@@H](C)N(Cc1csc(COc2cc(C)cc(C)c2C)n1)C(=O)c1cccc(OC)c1. The second-order valence-electron chi connectivity index (χ2n) is 8.15. The van der Waals surface area contributed by atoms with Crippen LogP contribution in [0.3, 0.4) is 0 Å². The highest BCUT2D eigenvalue weighted by Gasteiger charge is 2.22. The average Bonchev–Trinajstić information content (AvgIpc) is 3.25. The topological polar surface area (TPSA) is 51.7 Å². The van der Waals surface area contributed by atoms with Crippen molar-refractivity contribution in [1.82, 2.24) is 9.88 Å². The van der Waals surface area contributed by atoms with Gasteiger partial charge in [0.05, 0.1) is 19.3 Å². The summed E-state index contributed by atoms with van der Waals surface area (Å²) in [7, 11) is 1.61. The summed E-state index contributed by atoms with van der Waals surface area (Å²) in [5.74, 6) is 1.55. The molecule has 1 heterocycles. The molecule has 0 spiro atoms. The highest BCUT2D eigenvalue weighted by atomic mass is 32.1. The van der Waals surface area contributed by atoms with E-state index >= 15 is 0 Å². The molecule has 0 unspecified atom stereocenters. The average molecular weight is 453 g/mol. The highest BCUT2D eigenvalue weighted by Crippen LogP contribution is 2.25. The van der Waals surface area contributed by atoms with Gasteiger partial charge in [0.25, 0.3) is 5.91 Å². The number of amides is 1. The Balaban J connectivity index is 1.72. The predicted octanol–water partition coefficient (Wildman–Crippen LogP) is 6.10. The normalized spacial score (nSPS) is 11.8. The Morgan fingerprint density at radius 2 is 1.97 bits per heavy atom. The molecule has 0 N–H and O–H groups in total. The maximum Gasteiger partial charge on any atom is 0.254 e. The minimum absolute atomic E-state index is 0.0186. The van der Waals surface area contributed by atoms with Crippen LogP contribution in [0.25, 0.3) is 0 Å². The molecule has 1 atom stereocenters. The van der Waals surface area contributed by atoms with Gasteiger partial charge in [-0.3, -0.25) is 4.79 Å². The van der Waals surface area contributed by atoms with Crippen molar-refractivity contribution in [3.05, 3.63) is 74.7 Å². The first kappa shape index (κ1) is 23.8. The first-order valence-electron chi connectivity index (χ1n) is 10.9. The lowest BCUT2D eigenvalue weighted by molar-refractivity contribution is 0.0668. The number of rotatable bonds is 9. The second-order valence-corrected chi connectivity index (χ2v) is 9.09. The lowest BCUT2D eigenvalue weighted by Gasteiger charge is -2.28. The maximum absolute atomic E-state index is 13.3. The number of thiazole rings is 1. The van der Waals surface area contributed by atoms with Crippen molar-refractivity contribution in [2.75, 3.05) is 7.11 Å². The fraction of sp³-hybridized carbons (Fsp3) is 0.385. The molecule has 0 aliphatic carbocycles. The zero-order valence-corrected chi connectivity index (χ0v) is 20.6. The number of ether oxygens (including phenoxy) is 2. The number of methoxy groups -OCH3 is 1. The molecule has 0 saturated heterocycles. The molecular formula is C26H32N2O3S. The van der Waals surface area contributed by atoms with Crippen LogP contribution in [-0.2, 0) is 13.2 Å². The number of nitrogens with zero attached hydrogens (tertiary/aromatic N) is 2. The number of carbonyl (C=O) groups excluding carboxylic acids is 1. The monoisotopic (exact) mass is 452 g/mol. The van der Waals surface area contributed by atoms with E-state index < -0.39 is 0 Å². The Labute approximate surface area is 195 Å². The highest BCUT2D eigenvalue weighted by molar-refractivity contribution is 7.09. The molecule has 1 amide bonds. The van der Waals surface area contributed by atoms with Crippen LogP contribution in [0.5, 0.6) is 11.5 Å². The summed E-state index contributed by atoms with van der Waals surface area (Å²) >= 11 is 1.56. The van der Waals surface area contributed by atoms with Crippen molar-refractivity contribution in [1.29, 1.82) is 0 Å². The minimum atomic E-state index is -0.0186. The second kappa shape index (κ2) is 10.6. The van der Waals surface area contributed by atoms with E-state index in [1.54, 1.807) is 24.5 Å². The molecule has 32 heavy (non-hydrogen) atoms. The van der Waals surface area contributed by atoms with Crippen molar-refractivity contribution >= 4 is 17.2 Å². The van der Waals surface area contributed by atoms with Crippen LogP contribution in [-0.4, -0.2) is 28.9 Å². The molecule has 0 saturated carbocycles. The molecule has 5 nitrogen and oxygen atoms in total. The van der Waals surface area contributed by atoms with Crippen LogP contribution in [0.1, 0.15) is 58.0 Å². The Kier molecular flexibility index (Phi) is 7.91. The summed E-state index contributed by atoms with van der Waals surface area (Å²) in [6.07, 6.45) is 0.863. The Morgan fingerprint density at radius 1 is 1.19 bits per heavy atom. The summed E-state index contributed by atoms with van der Waals surface area (Å²) in [5.41, 5.74) is 5.05. The molecule has 0 radical (unpaired) electrons. The van der Waals surface area contributed by atoms with Crippen LogP contribution in [0.15, 0.2) is 41.8 Å². The van der Waals surface area contributed by atoms with E-state index in [9.17, 15) is 4.79 Å². The van der Waals surface area contributed by atoms with Gasteiger partial charge in [0, 0.05) is 17.0 Å². The Hall–Kier alpha value is -2.86. The van der Waals surface area contributed by atoms with Crippen LogP contribution in [0.4, 0.5) is 0 Å². The van der Waals surface area contributed by atoms with Gasteiger partial charge in [-0.25, -0.2) is 4.98 Å². The lowest BCUT2D eigenvalue weighted by atomic mass is 10.1. The molecule has 2 aromatic carbocycles. The van der Waals surface area contributed by atoms with Crippen molar-refractivity contribution < 1.29 is 14.3 Å². The Morgan fingerprint density at radius 3 is 2.69 bits per heavy atom. The van der Waals surface area contributed by atoms with Gasteiger partial charge in [0.2, 0.25) is 0 Å². The van der Waals surface area contributed by atoms with Crippen LogP contribution in [0.2, 0.25) is 0 Å². The molecule has 3 aromatic rings. The molecule has 3 rings (SSSR count). The van der Waals surface area contributed by atoms with E-state index in [1.165, 1.54) is 11.1 Å². The molecule has 0 fully saturated rings. The van der Waals surface area contributed by atoms with E-state index in [-0.39, 0.29) is 11.9 Å². The van der Waals surface area contributed by atoms with Crippen LogP contribution in [0, 0.1) is 20.8 Å². The number of aryl methyl sites for hydroxylation is 2. The summed E-state index contributed by atoms with van der Waals surface area (Å²) in [6.45, 7) is 11.3. The van der Waals surface area contributed by atoms with Gasteiger partial charge in [-0.2, -0.15) is 0 Å². The number of carbonyl (C=O) groups is 1. The van der Waals surface area contributed by atoms with E-state index in [4.69, 9.17) is 14.5 Å². The van der Waals surface area contributed by atoms with Gasteiger partial charge in [-0.15, -0.1) is 11.3 Å². The lowest BCUT2D eigenvalue weighted by Crippen LogP contribution is -2.37. The van der Waals surface area contributed by atoms with Gasteiger partial charge in [0.1, 0.15) is 23.1 Å². The molecule has 0 aliphatic heterocycles. The van der Waals surface area contributed by atoms with Gasteiger partial charge >= 0.3 is 0 Å². The van der Waals surface area contributed by atoms with Crippen LogP contribution >= 0.6 is 11.3 Å². The fourth-order valence-corrected chi connectivity index (χ4v) is 4.22. The van der Waals surface area contributed by atoms with Gasteiger partial charge in [-0.05, 0) is 75.1 Å². The van der Waals surface area contributed by atoms with Crippen molar-refractivity contribution in [2.24, 2.45) is 0 Å². The third kappa shape index (κ3) is 5.68. The number of hydrogen-bond acceptors (Lipinski definition) is 5. The molecule has 0 aliphatic rings. The predicted molar refractivity (Wildman–Crippen MR) is 130 cm³/mol. The summed E-state index contributed by atoms with van der Waals surface area (Å²) in [4.78, 5) is 19.9. The third-order valence-electron chi connectivity index (χ3n) is 5.75. The summed E-state index contributed by atoms with van der Waals surface area (Å²) in [5, 5.41) is 2.91. The zero-order valence-electron chi connectivity index (χ0n) is 19.8. The number of hydrogen-bond donors (Lipinski definition) is 0. The van der Waals surface area contributed by atoms with E-state index in [2.05, 4.69) is 46.8 Å². The quantitative estimate of drug-likeness (QED) is 0.394. The van der Waals surface area contributed by atoms with Gasteiger partial charge < -0.3 is 14.4 Å². The molecule has 6 heteroatoms. The molecule has 170 valence electrons. The first-order chi connectivity index (χ1) is 15.3. The largest absolute Gasteiger partial charge is 0.497 e. The smallest absolute Gasteiger partial charge is 0.254 e. The van der Waals surface area contributed by atoms with E-state index in [1.807, 2.05) is 28.5 Å². The molecule has 0 bridgehead atoms. The van der Waals surface area contributed by atoms with Gasteiger partial charge in [0.15, 0.2) is 0 Å². The number of aromatic nitrogens is 1. The van der Waals surface area contributed by atoms with Crippen LogP contribution < -0.4 is 9.47 Å². The van der Waals surface area contributed by atoms with E-state index in [0.717, 1.165) is 28.4 Å². The molecule has 1 aromatic heterocycles. The Bertz CT molecular complexity index is 1080. The fourth-order valence-electron chi connectivity index (χ4n) is 3.52. The third-order valence-corrected chi connectivity index (χ3v) is 6.62. The maximum atomic E-state index is 13.3. The van der Waals surface area contributed by atoms with E-state index in [0.29, 0.717) is 24.5 Å². The molecular weight excluding hydrogens is 420 g/mol.